The monoisotopic (exact) mass is 326 g/mol. The van der Waals surface area contributed by atoms with Crippen LogP contribution in [0.1, 0.15) is 17.4 Å². The molecule has 5 nitrogen and oxygen atoms in total. The van der Waals surface area contributed by atoms with E-state index in [1.807, 2.05) is 17.7 Å². The van der Waals surface area contributed by atoms with Crippen molar-refractivity contribution in [2.75, 3.05) is 19.7 Å². The molecule has 6 heteroatoms. The molecule has 0 unspecified atom stereocenters. The fraction of sp³-hybridized carbons (Fsp3) is 0.333. The topological polar surface area (TPSA) is 43.2 Å². The van der Waals surface area contributed by atoms with Gasteiger partial charge in [-0.2, -0.15) is 0 Å². The van der Waals surface area contributed by atoms with Crippen molar-refractivity contribution < 1.29 is 9.13 Å². The van der Waals surface area contributed by atoms with Crippen LogP contribution in [-0.4, -0.2) is 39.1 Å². The Kier molecular flexibility index (Phi) is 4.00. The summed E-state index contributed by atoms with van der Waals surface area (Å²) in [4.78, 5) is 10.8. The van der Waals surface area contributed by atoms with E-state index in [1.165, 1.54) is 6.07 Å². The average molecular weight is 326 g/mol. The molecule has 1 saturated heterocycles. The summed E-state index contributed by atoms with van der Waals surface area (Å²) >= 11 is 0. The Morgan fingerprint density at radius 3 is 3.08 bits per heavy atom. The van der Waals surface area contributed by atoms with E-state index in [0.29, 0.717) is 6.61 Å². The number of morpholine rings is 1. The molecule has 1 atom stereocenters. The molecule has 24 heavy (non-hydrogen) atoms. The molecular weight excluding hydrogens is 307 g/mol. The molecule has 4 rings (SSSR count). The van der Waals surface area contributed by atoms with Gasteiger partial charge >= 0.3 is 0 Å². The van der Waals surface area contributed by atoms with Crippen molar-refractivity contribution in [3.63, 3.8) is 0 Å². The first-order valence-corrected chi connectivity index (χ1v) is 8.04. The summed E-state index contributed by atoms with van der Waals surface area (Å²) in [5, 5.41) is 0.972. The van der Waals surface area contributed by atoms with Gasteiger partial charge in [0.25, 0.3) is 0 Å². The van der Waals surface area contributed by atoms with Crippen molar-refractivity contribution >= 4 is 10.9 Å². The van der Waals surface area contributed by atoms with Gasteiger partial charge in [0.05, 0.1) is 18.5 Å². The van der Waals surface area contributed by atoms with E-state index in [-0.39, 0.29) is 11.9 Å². The van der Waals surface area contributed by atoms with E-state index in [9.17, 15) is 4.39 Å². The maximum atomic E-state index is 13.6. The Balaban J connectivity index is 1.56. The summed E-state index contributed by atoms with van der Waals surface area (Å²) in [6.45, 7) is 3.02. The van der Waals surface area contributed by atoms with E-state index >= 15 is 0 Å². The number of nitrogens with zero attached hydrogens (tertiary/aromatic N) is 4. The van der Waals surface area contributed by atoms with Crippen molar-refractivity contribution in [1.82, 2.24) is 19.4 Å². The quantitative estimate of drug-likeness (QED) is 0.742. The SMILES string of the molecule is Cn1cc(CN2CCO[C@@H](c3cnccn3)C2)c2cc(F)ccc21. The van der Waals surface area contributed by atoms with Gasteiger partial charge in [-0.1, -0.05) is 0 Å². The van der Waals surface area contributed by atoms with Crippen LogP contribution in [0.3, 0.4) is 0 Å². The Labute approximate surface area is 139 Å². The van der Waals surface area contributed by atoms with Crippen molar-refractivity contribution in [3.8, 4) is 0 Å². The second-order valence-electron chi connectivity index (χ2n) is 6.15. The lowest BCUT2D eigenvalue weighted by Gasteiger charge is -2.32. The molecule has 1 aliphatic heterocycles. The molecule has 0 aliphatic carbocycles. The van der Waals surface area contributed by atoms with Gasteiger partial charge in [-0.25, -0.2) is 4.39 Å². The molecule has 2 aromatic heterocycles. The Hall–Kier alpha value is -2.31. The first-order valence-electron chi connectivity index (χ1n) is 8.04. The predicted octanol–water partition coefficient (Wildman–Crippen LogP) is 2.68. The van der Waals surface area contributed by atoms with Crippen LogP contribution >= 0.6 is 0 Å². The second kappa shape index (κ2) is 6.30. The molecular formula is C18H19FN4O. The normalized spacial score (nSPS) is 19.0. The van der Waals surface area contributed by atoms with Crippen LogP contribution in [0.25, 0.3) is 10.9 Å². The molecule has 0 radical (unpaired) electrons. The zero-order valence-electron chi connectivity index (χ0n) is 13.5. The highest BCUT2D eigenvalue weighted by Gasteiger charge is 2.24. The molecule has 0 amide bonds. The lowest BCUT2D eigenvalue weighted by atomic mass is 10.1. The first-order chi connectivity index (χ1) is 11.7. The van der Waals surface area contributed by atoms with Crippen molar-refractivity contribution in [2.24, 2.45) is 7.05 Å². The van der Waals surface area contributed by atoms with Gasteiger partial charge in [0.2, 0.25) is 0 Å². The summed E-state index contributed by atoms with van der Waals surface area (Å²) in [6, 6.07) is 4.95. The largest absolute Gasteiger partial charge is 0.369 e. The van der Waals surface area contributed by atoms with Crippen LogP contribution in [0, 0.1) is 5.82 Å². The number of ether oxygens (including phenoxy) is 1. The van der Waals surface area contributed by atoms with Crippen molar-refractivity contribution in [3.05, 3.63) is 60.1 Å². The second-order valence-corrected chi connectivity index (χ2v) is 6.15. The van der Waals surface area contributed by atoms with Gasteiger partial charge in [0.1, 0.15) is 11.9 Å². The molecule has 1 aliphatic rings. The third kappa shape index (κ3) is 2.90. The fourth-order valence-corrected chi connectivity index (χ4v) is 3.31. The van der Waals surface area contributed by atoms with Gasteiger partial charge in [0, 0.05) is 56.2 Å². The summed E-state index contributed by atoms with van der Waals surface area (Å²) in [6.07, 6.45) is 7.11. The molecule has 1 aromatic carbocycles. The van der Waals surface area contributed by atoms with Gasteiger partial charge in [-0.3, -0.25) is 14.9 Å². The van der Waals surface area contributed by atoms with E-state index in [1.54, 1.807) is 24.7 Å². The molecule has 0 N–H and O–H groups in total. The summed E-state index contributed by atoms with van der Waals surface area (Å²) < 4.78 is 21.5. The molecule has 124 valence electrons. The molecule has 0 spiro atoms. The van der Waals surface area contributed by atoms with Crippen LogP contribution in [0.5, 0.6) is 0 Å². The summed E-state index contributed by atoms with van der Waals surface area (Å²) in [5.41, 5.74) is 3.03. The minimum atomic E-state index is -0.200. The van der Waals surface area contributed by atoms with Crippen molar-refractivity contribution in [1.29, 1.82) is 0 Å². The highest BCUT2D eigenvalue weighted by Crippen LogP contribution is 2.26. The lowest BCUT2D eigenvalue weighted by molar-refractivity contribution is -0.0350. The number of halogens is 1. The molecule has 3 aromatic rings. The summed E-state index contributed by atoms with van der Waals surface area (Å²) in [5.74, 6) is -0.200. The summed E-state index contributed by atoms with van der Waals surface area (Å²) in [7, 11) is 1.99. The van der Waals surface area contributed by atoms with Crippen LogP contribution in [0.2, 0.25) is 0 Å². The minimum Gasteiger partial charge on any atom is -0.369 e. The van der Waals surface area contributed by atoms with Gasteiger partial charge in [-0.05, 0) is 23.8 Å². The number of hydrogen-bond acceptors (Lipinski definition) is 4. The third-order valence-electron chi connectivity index (χ3n) is 4.49. The molecule has 3 heterocycles. The maximum absolute atomic E-state index is 13.6. The number of fused-ring (bicyclic) bond motifs is 1. The van der Waals surface area contributed by atoms with E-state index in [2.05, 4.69) is 21.1 Å². The zero-order valence-corrected chi connectivity index (χ0v) is 13.5. The third-order valence-corrected chi connectivity index (χ3v) is 4.49. The van der Waals surface area contributed by atoms with Crippen LogP contribution in [-0.2, 0) is 18.3 Å². The van der Waals surface area contributed by atoms with Crippen molar-refractivity contribution in [2.45, 2.75) is 12.6 Å². The maximum Gasteiger partial charge on any atom is 0.123 e. The Morgan fingerprint density at radius 1 is 1.33 bits per heavy atom. The number of aryl methyl sites for hydroxylation is 1. The lowest BCUT2D eigenvalue weighted by Crippen LogP contribution is -2.38. The molecule has 0 bridgehead atoms. The first kappa shape index (κ1) is 15.2. The molecule has 1 fully saturated rings. The number of benzene rings is 1. The van der Waals surface area contributed by atoms with E-state index in [0.717, 1.165) is 41.8 Å². The fourth-order valence-electron chi connectivity index (χ4n) is 3.31. The number of aromatic nitrogens is 3. The van der Waals surface area contributed by atoms with Crippen LogP contribution < -0.4 is 0 Å². The van der Waals surface area contributed by atoms with Gasteiger partial charge in [0.15, 0.2) is 0 Å². The highest BCUT2D eigenvalue weighted by molar-refractivity contribution is 5.84. The van der Waals surface area contributed by atoms with E-state index in [4.69, 9.17) is 4.74 Å². The standard InChI is InChI=1S/C18H19FN4O/c1-22-10-13(15-8-14(19)2-3-17(15)22)11-23-6-7-24-18(12-23)16-9-20-4-5-21-16/h2-5,8-10,18H,6-7,11-12H2,1H3/t18-/m1/s1. The zero-order chi connectivity index (χ0) is 16.5. The molecule has 0 saturated carbocycles. The minimum absolute atomic E-state index is 0.0702. The average Bonchev–Trinajstić information content (AvgIpc) is 2.91. The number of rotatable bonds is 3. The number of hydrogen-bond donors (Lipinski definition) is 0. The van der Waals surface area contributed by atoms with Crippen LogP contribution in [0.15, 0.2) is 43.0 Å². The van der Waals surface area contributed by atoms with Crippen LogP contribution in [0.4, 0.5) is 4.39 Å². The predicted molar refractivity (Wildman–Crippen MR) is 88.9 cm³/mol. The smallest absolute Gasteiger partial charge is 0.123 e. The van der Waals surface area contributed by atoms with E-state index < -0.39 is 0 Å². The van der Waals surface area contributed by atoms with Gasteiger partial charge < -0.3 is 9.30 Å². The highest BCUT2D eigenvalue weighted by atomic mass is 19.1. The Morgan fingerprint density at radius 2 is 2.25 bits per heavy atom. The van der Waals surface area contributed by atoms with Gasteiger partial charge in [-0.15, -0.1) is 0 Å². The Bertz CT molecular complexity index is 849.